The summed E-state index contributed by atoms with van der Waals surface area (Å²) in [5.74, 6) is 0. The second-order valence-corrected chi connectivity index (χ2v) is 4.80. The molecule has 0 aliphatic heterocycles. The van der Waals surface area contributed by atoms with Crippen LogP contribution in [0.15, 0.2) is 0 Å². The number of nitrogens with one attached hydrogen (secondary N) is 1. The Morgan fingerprint density at radius 1 is 0.929 bits per heavy atom. The molecule has 0 aliphatic rings. The van der Waals surface area contributed by atoms with Crippen LogP contribution in [0, 0.1) is 0 Å². The molecule has 14 heavy (non-hydrogen) atoms. The van der Waals surface area contributed by atoms with Crippen molar-refractivity contribution in [3.63, 3.8) is 0 Å². The van der Waals surface area contributed by atoms with Gasteiger partial charge in [-0.1, -0.05) is 28.8 Å². The third-order valence-electron chi connectivity index (χ3n) is 2.20. The smallest absolute Gasteiger partial charge is 0.00313 e. The Morgan fingerprint density at radius 2 is 1.57 bits per heavy atom. The molecule has 0 heterocycles. The summed E-state index contributed by atoms with van der Waals surface area (Å²) < 4.78 is 0. The monoisotopic (exact) mass is 264 g/mol. The maximum absolute atomic E-state index is 3.48. The summed E-state index contributed by atoms with van der Waals surface area (Å²) in [4.78, 5) is 2.23. The number of rotatable bonds is 10. The minimum Gasteiger partial charge on any atom is -0.317 e. The van der Waals surface area contributed by atoms with Crippen LogP contribution < -0.4 is 5.32 Å². The summed E-state index contributed by atoms with van der Waals surface area (Å²) in [6.07, 6.45) is 6.64. The molecule has 0 aromatic heterocycles. The van der Waals surface area contributed by atoms with E-state index in [2.05, 4.69) is 40.2 Å². The zero-order valence-corrected chi connectivity index (χ0v) is 11.3. The summed E-state index contributed by atoms with van der Waals surface area (Å²) in [5.41, 5.74) is 0. The van der Waals surface area contributed by atoms with Crippen LogP contribution >= 0.6 is 15.9 Å². The zero-order valence-electron chi connectivity index (χ0n) is 9.69. The summed E-state index contributed by atoms with van der Waals surface area (Å²) >= 11 is 3.45. The van der Waals surface area contributed by atoms with Crippen LogP contribution in [0.1, 0.15) is 32.1 Å². The van der Waals surface area contributed by atoms with Crippen molar-refractivity contribution in [3.8, 4) is 0 Å². The first kappa shape index (κ1) is 14.4. The molecule has 1 N–H and O–H groups in total. The number of unbranched alkanes of at least 4 members (excludes halogenated alkanes) is 3. The number of halogens is 1. The molecule has 0 amide bonds. The zero-order chi connectivity index (χ0) is 10.6. The van der Waals surface area contributed by atoms with Gasteiger partial charge in [-0.3, -0.25) is 0 Å². The predicted molar refractivity (Wildman–Crippen MR) is 68.3 cm³/mol. The normalized spacial score (nSPS) is 11.1. The summed E-state index contributed by atoms with van der Waals surface area (Å²) in [6, 6.07) is 0. The van der Waals surface area contributed by atoms with Crippen molar-refractivity contribution in [3.05, 3.63) is 0 Å². The molecule has 0 saturated heterocycles. The fraction of sp³-hybridized carbons (Fsp3) is 1.00. The van der Waals surface area contributed by atoms with Crippen molar-refractivity contribution < 1.29 is 0 Å². The Morgan fingerprint density at radius 3 is 2.21 bits per heavy atom. The Bertz CT molecular complexity index is 107. The van der Waals surface area contributed by atoms with Crippen LogP contribution in [0.5, 0.6) is 0 Å². The lowest BCUT2D eigenvalue weighted by molar-refractivity contribution is 0.394. The van der Waals surface area contributed by atoms with Crippen molar-refractivity contribution in [1.82, 2.24) is 10.2 Å². The van der Waals surface area contributed by atoms with Gasteiger partial charge in [0, 0.05) is 5.33 Å². The first-order chi connectivity index (χ1) is 6.77. The highest BCUT2D eigenvalue weighted by Crippen LogP contribution is 2.00. The number of hydrogen-bond acceptors (Lipinski definition) is 2. The molecule has 0 unspecified atom stereocenters. The molecule has 0 saturated carbocycles. The van der Waals surface area contributed by atoms with Crippen molar-refractivity contribution >= 4 is 15.9 Å². The third-order valence-corrected chi connectivity index (χ3v) is 2.76. The summed E-state index contributed by atoms with van der Waals surface area (Å²) in [5, 5.41) is 4.64. The van der Waals surface area contributed by atoms with E-state index in [1.807, 2.05) is 0 Å². The van der Waals surface area contributed by atoms with E-state index >= 15 is 0 Å². The lowest BCUT2D eigenvalue weighted by Gasteiger charge is -2.09. The van der Waals surface area contributed by atoms with Crippen molar-refractivity contribution in [2.24, 2.45) is 0 Å². The highest BCUT2D eigenvalue weighted by molar-refractivity contribution is 9.09. The number of alkyl halides is 1. The quantitative estimate of drug-likeness (QED) is 0.482. The van der Waals surface area contributed by atoms with E-state index in [0.717, 1.165) is 11.9 Å². The minimum absolute atomic E-state index is 1.16. The minimum atomic E-state index is 1.16. The van der Waals surface area contributed by atoms with Crippen LogP contribution in [0.2, 0.25) is 0 Å². The van der Waals surface area contributed by atoms with E-state index in [4.69, 9.17) is 0 Å². The van der Waals surface area contributed by atoms with Crippen LogP contribution in [0.3, 0.4) is 0 Å². The molecule has 0 radical (unpaired) electrons. The molecule has 0 atom stereocenters. The highest BCUT2D eigenvalue weighted by Gasteiger charge is 1.91. The lowest BCUT2D eigenvalue weighted by Crippen LogP contribution is -2.22. The largest absolute Gasteiger partial charge is 0.317 e. The van der Waals surface area contributed by atoms with E-state index < -0.39 is 0 Å². The lowest BCUT2D eigenvalue weighted by atomic mass is 10.2. The Hall–Kier alpha value is 0.400. The van der Waals surface area contributed by atoms with E-state index in [1.165, 1.54) is 45.2 Å². The number of hydrogen-bond donors (Lipinski definition) is 1. The van der Waals surface area contributed by atoms with Gasteiger partial charge in [0.2, 0.25) is 0 Å². The summed E-state index contributed by atoms with van der Waals surface area (Å²) in [7, 11) is 4.25. The van der Waals surface area contributed by atoms with Gasteiger partial charge in [-0.15, -0.1) is 0 Å². The van der Waals surface area contributed by atoms with Gasteiger partial charge in [0.15, 0.2) is 0 Å². The van der Waals surface area contributed by atoms with Gasteiger partial charge in [0.25, 0.3) is 0 Å². The molecule has 0 rings (SSSR count). The molecular weight excluding hydrogens is 240 g/mol. The van der Waals surface area contributed by atoms with Crippen LogP contribution in [0.4, 0.5) is 0 Å². The SMILES string of the molecule is CN(C)CCCNCCCCCCBr. The van der Waals surface area contributed by atoms with E-state index in [0.29, 0.717) is 0 Å². The van der Waals surface area contributed by atoms with Crippen molar-refractivity contribution in [1.29, 1.82) is 0 Å². The van der Waals surface area contributed by atoms with Gasteiger partial charge in [0.05, 0.1) is 0 Å². The van der Waals surface area contributed by atoms with Gasteiger partial charge in [-0.25, -0.2) is 0 Å². The predicted octanol–water partition coefficient (Wildman–Crippen LogP) is 2.48. The van der Waals surface area contributed by atoms with Crippen LogP contribution in [0.25, 0.3) is 0 Å². The molecule has 0 spiro atoms. The average Bonchev–Trinajstić information content (AvgIpc) is 2.15. The Balaban J connectivity index is 2.85. The Kier molecular flexibility index (Phi) is 11.8. The Labute approximate surface area is 97.6 Å². The summed E-state index contributed by atoms with van der Waals surface area (Å²) in [6.45, 7) is 3.54. The highest BCUT2D eigenvalue weighted by atomic mass is 79.9. The fourth-order valence-electron chi connectivity index (χ4n) is 1.34. The molecule has 0 bridgehead atoms. The van der Waals surface area contributed by atoms with Gasteiger partial charge in [-0.05, 0) is 53.0 Å². The second kappa shape index (κ2) is 11.5. The molecule has 2 nitrogen and oxygen atoms in total. The van der Waals surface area contributed by atoms with Gasteiger partial charge in [-0.2, -0.15) is 0 Å². The fourth-order valence-corrected chi connectivity index (χ4v) is 1.74. The molecule has 0 fully saturated rings. The third kappa shape index (κ3) is 12.4. The molecule has 3 heteroatoms. The van der Waals surface area contributed by atoms with Gasteiger partial charge in [0.1, 0.15) is 0 Å². The number of nitrogens with zero attached hydrogens (tertiary/aromatic N) is 1. The molecule has 0 aromatic carbocycles. The molecular formula is C11H25BrN2. The first-order valence-electron chi connectivity index (χ1n) is 5.69. The molecule has 0 aromatic rings. The maximum Gasteiger partial charge on any atom is 0.00313 e. The van der Waals surface area contributed by atoms with Crippen LogP contribution in [-0.2, 0) is 0 Å². The molecule has 0 aliphatic carbocycles. The topological polar surface area (TPSA) is 15.3 Å². The van der Waals surface area contributed by atoms with Gasteiger partial charge >= 0.3 is 0 Å². The average molecular weight is 265 g/mol. The van der Waals surface area contributed by atoms with Crippen molar-refractivity contribution in [2.75, 3.05) is 39.1 Å². The standard InChI is InChI=1S/C11H25BrN2/c1-14(2)11-7-10-13-9-6-4-3-5-8-12/h13H,3-11H2,1-2H3. The van der Waals surface area contributed by atoms with E-state index in [-0.39, 0.29) is 0 Å². The van der Waals surface area contributed by atoms with E-state index in [9.17, 15) is 0 Å². The first-order valence-corrected chi connectivity index (χ1v) is 6.81. The van der Waals surface area contributed by atoms with Gasteiger partial charge < -0.3 is 10.2 Å². The van der Waals surface area contributed by atoms with E-state index in [1.54, 1.807) is 0 Å². The van der Waals surface area contributed by atoms with Crippen LogP contribution in [-0.4, -0.2) is 44.0 Å². The maximum atomic E-state index is 3.48. The van der Waals surface area contributed by atoms with Crippen molar-refractivity contribution in [2.45, 2.75) is 32.1 Å². The molecule has 86 valence electrons. The second-order valence-electron chi connectivity index (χ2n) is 4.01.